The van der Waals surface area contributed by atoms with Crippen molar-refractivity contribution in [2.24, 2.45) is 0 Å². The van der Waals surface area contributed by atoms with Gasteiger partial charge in [-0.3, -0.25) is 14.2 Å². The minimum atomic E-state index is -0.100. The number of aromatic nitrogens is 2. The Labute approximate surface area is 148 Å². The molecule has 0 bridgehead atoms. The highest BCUT2D eigenvalue weighted by molar-refractivity contribution is 5.97. The van der Waals surface area contributed by atoms with Gasteiger partial charge in [-0.2, -0.15) is 0 Å². The fraction of sp³-hybridized carbons (Fsp3) is 0.550. The normalized spacial score (nSPS) is 15.9. The quantitative estimate of drug-likeness (QED) is 0.926. The molecule has 2 heterocycles. The Hall–Kier alpha value is -2.17. The van der Waals surface area contributed by atoms with Crippen molar-refractivity contribution in [2.45, 2.75) is 71.4 Å². The average Bonchev–Trinajstić information content (AvgIpc) is 2.56. The first-order valence-electron chi connectivity index (χ1n) is 9.44. The van der Waals surface area contributed by atoms with Crippen LogP contribution >= 0.6 is 0 Å². The summed E-state index contributed by atoms with van der Waals surface area (Å²) in [5.41, 5.74) is 1.22. The van der Waals surface area contributed by atoms with Gasteiger partial charge >= 0.3 is 0 Å². The number of amides is 1. The number of rotatable bonds is 4. The molecule has 5 heteroatoms. The maximum absolute atomic E-state index is 12.8. The SMILES string of the molecule is CCC[C@@H](C)NC(=O)c1ccc2c(=O)n3c(nc2c1)CCCCCC3. The first-order valence-corrected chi connectivity index (χ1v) is 9.44. The number of benzene rings is 1. The molecule has 5 nitrogen and oxygen atoms in total. The number of aryl methyl sites for hydroxylation is 1. The third-order valence-electron chi connectivity index (χ3n) is 4.93. The van der Waals surface area contributed by atoms with E-state index in [9.17, 15) is 9.59 Å². The smallest absolute Gasteiger partial charge is 0.261 e. The summed E-state index contributed by atoms with van der Waals surface area (Å²) >= 11 is 0. The third kappa shape index (κ3) is 3.91. The minimum Gasteiger partial charge on any atom is -0.350 e. The maximum Gasteiger partial charge on any atom is 0.261 e. The molecule has 1 atom stereocenters. The molecule has 0 saturated carbocycles. The predicted octanol–water partition coefficient (Wildman–Crippen LogP) is 3.43. The lowest BCUT2D eigenvalue weighted by molar-refractivity contribution is 0.0938. The highest BCUT2D eigenvalue weighted by Crippen LogP contribution is 2.16. The standard InChI is InChI=1S/C20H27N3O2/c1-3-8-14(2)21-19(24)15-10-11-16-17(13-15)22-18-9-6-4-5-7-12-23(18)20(16)25/h10-11,13-14H,3-9,12H2,1-2H3,(H,21,24)/t14-/m1/s1. The van der Waals surface area contributed by atoms with E-state index in [1.54, 1.807) is 18.2 Å². The van der Waals surface area contributed by atoms with Gasteiger partial charge in [-0.05, 0) is 44.4 Å². The van der Waals surface area contributed by atoms with E-state index in [1.165, 1.54) is 12.8 Å². The van der Waals surface area contributed by atoms with Crippen LogP contribution in [-0.4, -0.2) is 21.5 Å². The molecule has 1 aromatic carbocycles. The van der Waals surface area contributed by atoms with E-state index in [1.807, 2.05) is 11.5 Å². The van der Waals surface area contributed by atoms with Gasteiger partial charge in [0.15, 0.2) is 0 Å². The highest BCUT2D eigenvalue weighted by atomic mass is 16.1. The molecule has 3 rings (SSSR count). The summed E-state index contributed by atoms with van der Waals surface area (Å²) < 4.78 is 1.82. The number of nitrogens with one attached hydrogen (secondary N) is 1. The fourth-order valence-corrected chi connectivity index (χ4v) is 3.55. The summed E-state index contributed by atoms with van der Waals surface area (Å²) in [5.74, 6) is 0.755. The molecular weight excluding hydrogens is 314 g/mol. The van der Waals surface area contributed by atoms with Crippen LogP contribution in [0, 0.1) is 0 Å². The van der Waals surface area contributed by atoms with Crippen LogP contribution in [0.1, 0.15) is 68.6 Å². The summed E-state index contributed by atoms with van der Waals surface area (Å²) in [6.45, 7) is 4.85. The lowest BCUT2D eigenvalue weighted by Gasteiger charge is -2.17. The zero-order valence-electron chi connectivity index (χ0n) is 15.2. The van der Waals surface area contributed by atoms with Crippen LogP contribution in [0.3, 0.4) is 0 Å². The van der Waals surface area contributed by atoms with Crippen molar-refractivity contribution >= 4 is 16.8 Å². The molecule has 0 aliphatic carbocycles. The molecule has 0 unspecified atom stereocenters. The summed E-state index contributed by atoms with van der Waals surface area (Å²) in [6, 6.07) is 5.37. The van der Waals surface area contributed by atoms with E-state index in [4.69, 9.17) is 4.98 Å². The van der Waals surface area contributed by atoms with E-state index in [0.717, 1.165) is 44.5 Å². The van der Waals surface area contributed by atoms with Crippen molar-refractivity contribution in [3.8, 4) is 0 Å². The zero-order valence-corrected chi connectivity index (χ0v) is 15.2. The van der Waals surface area contributed by atoms with Gasteiger partial charge in [-0.1, -0.05) is 26.2 Å². The van der Waals surface area contributed by atoms with E-state index in [0.29, 0.717) is 16.5 Å². The van der Waals surface area contributed by atoms with Crippen molar-refractivity contribution < 1.29 is 4.79 Å². The Morgan fingerprint density at radius 3 is 2.88 bits per heavy atom. The molecule has 1 amide bonds. The minimum absolute atomic E-state index is 0.0215. The van der Waals surface area contributed by atoms with Gasteiger partial charge in [0.05, 0.1) is 10.9 Å². The van der Waals surface area contributed by atoms with E-state index in [2.05, 4.69) is 12.2 Å². The van der Waals surface area contributed by atoms with Crippen molar-refractivity contribution in [1.82, 2.24) is 14.9 Å². The molecule has 0 spiro atoms. The van der Waals surface area contributed by atoms with Crippen LogP contribution in [0.4, 0.5) is 0 Å². The molecule has 0 saturated heterocycles. The lowest BCUT2D eigenvalue weighted by atomic mass is 10.1. The van der Waals surface area contributed by atoms with E-state index >= 15 is 0 Å². The number of carbonyl (C=O) groups is 1. The molecule has 2 aromatic rings. The second kappa shape index (κ2) is 7.81. The highest BCUT2D eigenvalue weighted by Gasteiger charge is 2.15. The molecule has 1 aromatic heterocycles. The predicted molar refractivity (Wildman–Crippen MR) is 100 cm³/mol. The van der Waals surface area contributed by atoms with Gasteiger partial charge < -0.3 is 5.32 Å². The van der Waals surface area contributed by atoms with Crippen LogP contribution in [0.2, 0.25) is 0 Å². The average molecular weight is 341 g/mol. The lowest BCUT2D eigenvalue weighted by Crippen LogP contribution is -2.32. The Bertz CT molecular complexity index is 826. The van der Waals surface area contributed by atoms with Gasteiger partial charge in [-0.25, -0.2) is 4.98 Å². The maximum atomic E-state index is 12.8. The van der Waals surface area contributed by atoms with Gasteiger partial charge in [0, 0.05) is 24.6 Å². The topological polar surface area (TPSA) is 64.0 Å². The second-order valence-corrected chi connectivity index (χ2v) is 7.04. The first-order chi connectivity index (χ1) is 12.1. The van der Waals surface area contributed by atoms with Gasteiger partial charge in [0.25, 0.3) is 11.5 Å². The third-order valence-corrected chi connectivity index (χ3v) is 4.93. The molecule has 1 aliphatic rings. The Kier molecular flexibility index (Phi) is 5.51. The number of fused-ring (bicyclic) bond motifs is 2. The van der Waals surface area contributed by atoms with Gasteiger partial charge in [0.2, 0.25) is 0 Å². The molecule has 0 radical (unpaired) electrons. The summed E-state index contributed by atoms with van der Waals surface area (Å²) in [7, 11) is 0. The van der Waals surface area contributed by atoms with Gasteiger partial charge in [0.1, 0.15) is 5.82 Å². The Balaban J connectivity index is 1.96. The first kappa shape index (κ1) is 17.6. The molecule has 1 aliphatic heterocycles. The number of hydrogen-bond donors (Lipinski definition) is 1. The molecular formula is C20H27N3O2. The Morgan fingerprint density at radius 1 is 1.28 bits per heavy atom. The fourth-order valence-electron chi connectivity index (χ4n) is 3.55. The monoisotopic (exact) mass is 341 g/mol. The van der Waals surface area contributed by atoms with Crippen molar-refractivity contribution in [3.05, 3.63) is 39.9 Å². The van der Waals surface area contributed by atoms with Crippen LogP contribution in [0.5, 0.6) is 0 Å². The number of nitrogens with zero attached hydrogens (tertiary/aromatic N) is 2. The van der Waals surface area contributed by atoms with Crippen LogP contribution < -0.4 is 10.9 Å². The van der Waals surface area contributed by atoms with Crippen molar-refractivity contribution in [3.63, 3.8) is 0 Å². The summed E-state index contributed by atoms with van der Waals surface area (Å²) in [5, 5.41) is 3.61. The molecule has 1 N–H and O–H groups in total. The van der Waals surface area contributed by atoms with E-state index in [-0.39, 0.29) is 17.5 Å². The molecule has 134 valence electrons. The number of carbonyl (C=O) groups excluding carboxylic acids is 1. The zero-order chi connectivity index (χ0) is 17.8. The van der Waals surface area contributed by atoms with E-state index < -0.39 is 0 Å². The van der Waals surface area contributed by atoms with Gasteiger partial charge in [-0.15, -0.1) is 0 Å². The largest absolute Gasteiger partial charge is 0.350 e. The molecule has 25 heavy (non-hydrogen) atoms. The summed E-state index contributed by atoms with van der Waals surface area (Å²) in [6.07, 6.45) is 7.25. The van der Waals surface area contributed by atoms with Crippen molar-refractivity contribution in [1.29, 1.82) is 0 Å². The van der Waals surface area contributed by atoms with Crippen LogP contribution in [0.15, 0.2) is 23.0 Å². The van der Waals surface area contributed by atoms with Crippen molar-refractivity contribution in [2.75, 3.05) is 0 Å². The second-order valence-electron chi connectivity index (χ2n) is 7.04. The molecule has 0 fully saturated rings. The number of hydrogen-bond acceptors (Lipinski definition) is 3. The summed E-state index contributed by atoms with van der Waals surface area (Å²) in [4.78, 5) is 29.9. The van der Waals surface area contributed by atoms with Crippen LogP contribution in [-0.2, 0) is 13.0 Å². The van der Waals surface area contributed by atoms with Crippen LogP contribution in [0.25, 0.3) is 10.9 Å². The Morgan fingerprint density at radius 2 is 2.08 bits per heavy atom.